The van der Waals surface area contributed by atoms with Crippen LogP contribution >= 0.6 is 0 Å². The lowest BCUT2D eigenvalue weighted by Crippen LogP contribution is -2.40. The SMILES string of the molecule is CCOc1nc(NC)nc(N(CC(F)(F)F)C(C)C)n1. The summed E-state index contributed by atoms with van der Waals surface area (Å²) in [7, 11) is 1.57. The van der Waals surface area contributed by atoms with Crippen molar-refractivity contribution in [1.29, 1.82) is 0 Å². The number of ether oxygens (including phenoxy) is 1. The third-order valence-electron chi connectivity index (χ3n) is 2.33. The van der Waals surface area contributed by atoms with Crippen molar-refractivity contribution in [1.82, 2.24) is 15.0 Å². The molecule has 0 saturated carbocycles. The Balaban J connectivity index is 3.14. The topological polar surface area (TPSA) is 63.2 Å². The first-order valence-electron chi connectivity index (χ1n) is 6.16. The minimum atomic E-state index is -4.34. The maximum atomic E-state index is 12.6. The molecule has 20 heavy (non-hydrogen) atoms. The van der Waals surface area contributed by atoms with Crippen molar-refractivity contribution in [3.8, 4) is 6.01 Å². The normalized spacial score (nSPS) is 11.6. The van der Waals surface area contributed by atoms with Crippen LogP contribution in [-0.4, -0.2) is 47.4 Å². The summed E-state index contributed by atoms with van der Waals surface area (Å²) in [6.07, 6.45) is -4.34. The van der Waals surface area contributed by atoms with Gasteiger partial charge in [-0.05, 0) is 20.8 Å². The highest BCUT2D eigenvalue weighted by atomic mass is 19.4. The van der Waals surface area contributed by atoms with E-state index < -0.39 is 18.8 Å². The molecule has 9 heteroatoms. The van der Waals surface area contributed by atoms with Gasteiger partial charge in [0.2, 0.25) is 11.9 Å². The van der Waals surface area contributed by atoms with Crippen molar-refractivity contribution >= 4 is 11.9 Å². The van der Waals surface area contributed by atoms with Gasteiger partial charge in [-0.1, -0.05) is 0 Å². The number of hydrogen-bond donors (Lipinski definition) is 1. The van der Waals surface area contributed by atoms with E-state index in [0.29, 0.717) is 6.61 Å². The van der Waals surface area contributed by atoms with Gasteiger partial charge in [-0.25, -0.2) is 0 Å². The summed E-state index contributed by atoms with van der Waals surface area (Å²) in [6, 6.07) is -0.423. The molecule has 114 valence electrons. The Kier molecular flexibility index (Phi) is 5.34. The molecule has 0 bridgehead atoms. The van der Waals surface area contributed by atoms with Crippen molar-refractivity contribution in [2.45, 2.75) is 33.0 Å². The smallest absolute Gasteiger partial charge is 0.406 e. The summed E-state index contributed by atoms with van der Waals surface area (Å²) < 4.78 is 43.0. The lowest BCUT2D eigenvalue weighted by atomic mass is 10.3. The molecule has 1 heterocycles. The van der Waals surface area contributed by atoms with E-state index in [9.17, 15) is 13.2 Å². The lowest BCUT2D eigenvalue weighted by molar-refractivity contribution is -0.120. The second-order valence-electron chi connectivity index (χ2n) is 4.26. The molecule has 0 fully saturated rings. The first-order chi connectivity index (χ1) is 9.26. The molecule has 1 aromatic rings. The number of nitrogens with zero attached hydrogens (tertiary/aromatic N) is 4. The van der Waals surface area contributed by atoms with E-state index in [0.717, 1.165) is 4.90 Å². The highest BCUT2D eigenvalue weighted by molar-refractivity contribution is 5.39. The van der Waals surface area contributed by atoms with Crippen molar-refractivity contribution in [3.05, 3.63) is 0 Å². The van der Waals surface area contributed by atoms with Crippen LogP contribution in [0, 0.1) is 0 Å². The van der Waals surface area contributed by atoms with E-state index in [1.807, 2.05) is 0 Å². The van der Waals surface area contributed by atoms with Gasteiger partial charge < -0.3 is 15.0 Å². The molecule has 0 aliphatic rings. The van der Waals surface area contributed by atoms with Crippen LogP contribution < -0.4 is 15.0 Å². The molecule has 6 nitrogen and oxygen atoms in total. The minimum absolute atomic E-state index is 0.00493. The summed E-state index contributed by atoms with van der Waals surface area (Å²) in [4.78, 5) is 12.8. The van der Waals surface area contributed by atoms with E-state index in [-0.39, 0.29) is 17.9 Å². The summed E-state index contributed by atoms with van der Waals surface area (Å²) in [6.45, 7) is 4.18. The fraction of sp³-hybridized carbons (Fsp3) is 0.727. The molecule has 0 spiro atoms. The standard InChI is InChI=1S/C11H18F3N5O/c1-5-20-10-17-8(15-4)16-9(18-10)19(7(2)3)6-11(12,13)14/h7H,5-6H2,1-4H3,(H,15,16,17,18). The minimum Gasteiger partial charge on any atom is -0.464 e. The number of alkyl halides is 3. The Morgan fingerprint density at radius 1 is 1.25 bits per heavy atom. The van der Waals surface area contributed by atoms with E-state index in [1.165, 1.54) is 0 Å². The molecule has 0 amide bonds. The largest absolute Gasteiger partial charge is 0.464 e. The lowest BCUT2D eigenvalue weighted by Gasteiger charge is -2.27. The van der Waals surface area contributed by atoms with Crippen LogP contribution in [0.2, 0.25) is 0 Å². The fourth-order valence-electron chi connectivity index (χ4n) is 1.46. The maximum absolute atomic E-state index is 12.6. The van der Waals surface area contributed by atoms with Crippen LogP contribution in [-0.2, 0) is 0 Å². The van der Waals surface area contributed by atoms with Gasteiger partial charge in [0.05, 0.1) is 6.61 Å². The van der Waals surface area contributed by atoms with Crippen LogP contribution in [0.5, 0.6) is 6.01 Å². The third kappa shape index (κ3) is 4.71. The number of aromatic nitrogens is 3. The quantitative estimate of drug-likeness (QED) is 0.866. The van der Waals surface area contributed by atoms with Gasteiger partial charge in [-0.2, -0.15) is 28.1 Å². The van der Waals surface area contributed by atoms with Crippen molar-refractivity contribution < 1.29 is 17.9 Å². The average Bonchev–Trinajstić information content (AvgIpc) is 2.34. The number of hydrogen-bond acceptors (Lipinski definition) is 6. The van der Waals surface area contributed by atoms with E-state index >= 15 is 0 Å². The summed E-state index contributed by atoms with van der Waals surface area (Å²) in [5, 5.41) is 2.67. The zero-order valence-corrected chi connectivity index (χ0v) is 11.8. The molecule has 0 aromatic carbocycles. The number of rotatable bonds is 6. The Morgan fingerprint density at radius 3 is 2.35 bits per heavy atom. The summed E-state index contributed by atoms with van der Waals surface area (Å²) >= 11 is 0. The van der Waals surface area contributed by atoms with Crippen LogP contribution in [0.15, 0.2) is 0 Å². The first kappa shape index (κ1) is 16.3. The molecule has 0 unspecified atom stereocenters. The van der Waals surface area contributed by atoms with E-state index in [1.54, 1.807) is 27.8 Å². The number of anilines is 2. The van der Waals surface area contributed by atoms with Gasteiger partial charge in [0, 0.05) is 13.1 Å². The zero-order chi connectivity index (χ0) is 15.3. The van der Waals surface area contributed by atoms with Crippen molar-refractivity contribution in [2.24, 2.45) is 0 Å². The summed E-state index contributed by atoms with van der Waals surface area (Å²) in [5.74, 6) is 0.0893. The van der Waals surface area contributed by atoms with Gasteiger partial charge in [-0.3, -0.25) is 0 Å². The molecule has 0 saturated heterocycles. The Labute approximate surface area is 115 Å². The molecule has 0 aliphatic carbocycles. The zero-order valence-electron chi connectivity index (χ0n) is 11.8. The molecule has 1 N–H and O–H groups in total. The summed E-state index contributed by atoms with van der Waals surface area (Å²) in [5.41, 5.74) is 0. The first-order valence-corrected chi connectivity index (χ1v) is 6.16. The Bertz CT molecular complexity index is 439. The van der Waals surface area contributed by atoms with Gasteiger partial charge in [0.1, 0.15) is 6.54 Å². The Morgan fingerprint density at radius 2 is 1.90 bits per heavy atom. The second kappa shape index (κ2) is 6.58. The van der Waals surface area contributed by atoms with Gasteiger partial charge in [0.15, 0.2) is 0 Å². The highest BCUT2D eigenvalue weighted by Gasteiger charge is 2.33. The maximum Gasteiger partial charge on any atom is 0.406 e. The molecule has 0 radical (unpaired) electrons. The molecule has 1 aromatic heterocycles. The monoisotopic (exact) mass is 293 g/mol. The van der Waals surface area contributed by atoms with Gasteiger partial charge >= 0.3 is 12.2 Å². The average molecular weight is 293 g/mol. The van der Waals surface area contributed by atoms with E-state index in [2.05, 4.69) is 20.3 Å². The second-order valence-corrected chi connectivity index (χ2v) is 4.26. The molecular weight excluding hydrogens is 275 g/mol. The molecular formula is C11H18F3N5O. The molecule has 0 atom stereocenters. The Hall–Kier alpha value is -1.80. The highest BCUT2D eigenvalue weighted by Crippen LogP contribution is 2.23. The molecule has 0 aliphatic heterocycles. The predicted molar refractivity (Wildman–Crippen MR) is 69.1 cm³/mol. The third-order valence-corrected chi connectivity index (χ3v) is 2.33. The van der Waals surface area contributed by atoms with E-state index in [4.69, 9.17) is 4.74 Å². The molecule has 1 rings (SSSR count). The predicted octanol–water partition coefficient (Wildman–Crippen LogP) is 2.09. The van der Waals surface area contributed by atoms with Gasteiger partial charge in [0.25, 0.3) is 0 Å². The van der Waals surface area contributed by atoms with Crippen LogP contribution in [0.4, 0.5) is 25.1 Å². The number of nitrogens with one attached hydrogen (secondary N) is 1. The number of halogens is 3. The van der Waals surface area contributed by atoms with Crippen LogP contribution in [0.3, 0.4) is 0 Å². The van der Waals surface area contributed by atoms with Crippen molar-refractivity contribution in [3.63, 3.8) is 0 Å². The van der Waals surface area contributed by atoms with Crippen molar-refractivity contribution in [2.75, 3.05) is 30.4 Å². The van der Waals surface area contributed by atoms with Crippen LogP contribution in [0.25, 0.3) is 0 Å². The van der Waals surface area contributed by atoms with Crippen LogP contribution in [0.1, 0.15) is 20.8 Å². The fourth-order valence-corrected chi connectivity index (χ4v) is 1.46. The van der Waals surface area contributed by atoms with Gasteiger partial charge in [-0.15, -0.1) is 0 Å².